The van der Waals surface area contributed by atoms with E-state index >= 15 is 0 Å². The normalized spacial score (nSPS) is 20.2. The Kier molecular flexibility index (Phi) is 4.46. The van der Waals surface area contributed by atoms with Gasteiger partial charge >= 0.3 is 0 Å². The Hall–Kier alpha value is -1.94. The number of aromatic nitrogens is 2. The predicted molar refractivity (Wildman–Crippen MR) is 85.2 cm³/mol. The van der Waals surface area contributed by atoms with Crippen molar-refractivity contribution in [3.05, 3.63) is 54.4 Å². The summed E-state index contributed by atoms with van der Waals surface area (Å²) in [5.74, 6) is 0.853. The summed E-state index contributed by atoms with van der Waals surface area (Å²) in [4.78, 5) is 13.6. The summed E-state index contributed by atoms with van der Waals surface area (Å²) in [6.07, 6.45) is 4.78. The summed E-state index contributed by atoms with van der Waals surface area (Å²) in [6.45, 7) is 6.40. The summed E-state index contributed by atoms with van der Waals surface area (Å²) in [7, 11) is 0. The van der Waals surface area contributed by atoms with Crippen molar-refractivity contribution in [2.45, 2.75) is 25.9 Å². The first-order valence-corrected chi connectivity index (χ1v) is 7.63. The van der Waals surface area contributed by atoms with Gasteiger partial charge in [-0.25, -0.2) is 9.97 Å². The fourth-order valence-electron chi connectivity index (χ4n) is 2.81. The van der Waals surface area contributed by atoms with Crippen LogP contribution in [-0.4, -0.2) is 40.5 Å². The van der Waals surface area contributed by atoms with Crippen LogP contribution < -0.4 is 4.90 Å². The van der Waals surface area contributed by atoms with Gasteiger partial charge in [-0.05, 0) is 25.0 Å². The van der Waals surface area contributed by atoms with Gasteiger partial charge in [0.1, 0.15) is 0 Å². The van der Waals surface area contributed by atoms with E-state index in [1.54, 1.807) is 0 Å². The van der Waals surface area contributed by atoms with Crippen LogP contribution in [0.25, 0.3) is 0 Å². The van der Waals surface area contributed by atoms with E-state index in [9.17, 15) is 0 Å². The molecule has 110 valence electrons. The molecule has 1 aliphatic heterocycles. The second kappa shape index (κ2) is 6.68. The number of anilines is 1. The first-order chi connectivity index (χ1) is 10.3. The van der Waals surface area contributed by atoms with Gasteiger partial charge in [-0.1, -0.05) is 30.3 Å². The molecular formula is C17H22N4. The van der Waals surface area contributed by atoms with Gasteiger partial charge in [-0.3, -0.25) is 4.90 Å². The first-order valence-electron chi connectivity index (χ1n) is 7.63. The Balaban J connectivity index is 1.66. The number of hydrogen-bond acceptors (Lipinski definition) is 4. The lowest BCUT2D eigenvalue weighted by Gasteiger charge is -2.26. The molecule has 4 heteroatoms. The Morgan fingerprint density at radius 1 is 1.00 bits per heavy atom. The van der Waals surface area contributed by atoms with E-state index in [1.807, 2.05) is 18.5 Å². The SMILES string of the molecule is C[C@@H]1CCN(c2ncccn2)CCN1Cc1ccccc1. The molecule has 0 radical (unpaired) electrons. The van der Waals surface area contributed by atoms with Crippen LogP contribution in [0.1, 0.15) is 18.9 Å². The largest absolute Gasteiger partial charge is 0.339 e. The van der Waals surface area contributed by atoms with Crippen LogP contribution in [0.4, 0.5) is 5.95 Å². The smallest absolute Gasteiger partial charge is 0.225 e. The topological polar surface area (TPSA) is 32.3 Å². The van der Waals surface area contributed by atoms with Crippen LogP contribution in [-0.2, 0) is 6.54 Å². The summed E-state index contributed by atoms with van der Waals surface area (Å²) < 4.78 is 0. The van der Waals surface area contributed by atoms with Crippen LogP contribution in [0.3, 0.4) is 0 Å². The zero-order chi connectivity index (χ0) is 14.5. The summed E-state index contributed by atoms with van der Waals surface area (Å²) in [5.41, 5.74) is 1.38. The number of nitrogens with zero attached hydrogens (tertiary/aromatic N) is 4. The molecule has 3 rings (SSSR count). The Labute approximate surface area is 126 Å². The van der Waals surface area contributed by atoms with Gasteiger partial charge in [-0.15, -0.1) is 0 Å². The predicted octanol–water partition coefficient (Wildman–Crippen LogP) is 2.58. The highest BCUT2D eigenvalue weighted by Crippen LogP contribution is 2.17. The lowest BCUT2D eigenvalue weighted by atomic mass is 10.1. The van der Waals surface area contributed by atoms with Crippen LogP contribution in [0.15, 0.2) is 48.8 Å². The van der Waals surface area contributed by atoms with Crippen molar-refractivity contribution in [3.63, 3.8) is 0 Å². The molecule has 2 heterocycles. The van der Waals surface area contributed by atoms with E-state index in [0.717, 1.165) is 38.5 Å². The second-order valence-electron chi connectivity index (χ2n) is 5.63. The molecule has 0 N–H and O–H groups in total. The van der Waals surface area contributed by atoms with Crippen molar-refractivity contribution in [2.75, 3.05) is 24.5 Å². The minimum absolute atomic E-state index is 0.582. The van der Waals surface area contributed by atoms with E-state index in [-0.39, 0.29) is 0 Å². The molecule has 2 aromatic rings. The van der Waals surface area contributed by atoms with Crippen molar-refractivity contribution < 1.29 is 0 Å². The van der Waals surface area contributed by atoms with Crippen LogP contribution in [0, 0.1) is 0 Å². The van der Waals surface area contributed by atoms with E-state index < -0.39 is 0 Å². The molecule has 0 amide bonds. The maximum Gasteiger partial charge on any atom is 0.225 e. The van der Waals surface area contributed by atoms with Crippen LogP contribution in [0.5, 0.6) is 0 Å². The van der Waals surface area contributed by atoms with E-state index in [4.69, 9.17) is 0 Å². The van der Waals surface area contributed by atoms with Crippen molar-refractivity contribution in [2.24, 2.45) is 0 Å². The average molecular weight is 282 g/mol. The fraction of sp³-hybridized carbons (Fsp3) is 0.412. The van der Waals surface area contributed by atoms with Crippen LogP contribution >= 0.6 is 0 Å². The van der Waals surface area contributed by atoms with Gasteiger partial charge in [0.2, 0.25) is 5.95 Å². The highest BCUT2D eigenvalue weighted by atomic mass is 15.3. The molecule has 21 heavy (non-hydrogen) atoms. The van der Waals surface area contributed by atoms with Crippen LogP contribution in [0.2, 0.25) is 0 Å². The minimum atomic E-state index is 0.582. The molecule has 1 atom stereocenters. The zero-order valence-electron chi connectivity index (χ0n) is 12.5. The third-order valence-electron chi connectivity index (χ3n) is 4.16. The van der Waals surface area contributed by atoms with Crippen molar-refractivity contribution >= 4 is 5.95 Å². The molecule has 0 spiro atoms. The average Bonchev–Trinajstić information content (AvgIpc) is 2.72. The Morgan fingerprint density at radius 2 is 1.76 bits per heavy atom. The fourth-order valence-corrected chi connectivity index (χ4v) is 2.81. The lowest BCUT2D eigenvalue weighted by Crippen LogP contribution is -2.34. The summed E-state index contributed by atoms with van der Waals surface area (Å²) in [5, 5.41) is 0. The third kappa shape index (κ3) is 3.58. The Morgan fingerprint density at radius 3 is 2.52 bits per heavy atom. The second-order valence-corrected chi connectivity index (χ2v) is 5.63. The Bertz CT molecular complexity index is 543. The van der Waals surface area contributed by atoms with Crippen molar-refractivity contribution in [1.82, 2.24) is 14.9 Å². The zero-order valence-corrected chi connectivity index (χ0v) is 12.5. The molecule has 1 fully saturated rings. The monoisotopic (exact) mass is 282 g/mol. The molecule has 0 bridgehead atoms. The van der Waals surface area contributed by atoms with Gasteiger partial charge in [0.05, 0.1) is 0 Å². The molecule has 0 saturated carbocycles. The summed E-state index contributed by atoms with van der Waals surface area (Å²) in [6, 6.07) is 13.2. The quantitative estimate of drug-likeness (QED) is 0.866. The van der Waals surface area contributed by atoms with E-state index in [2.05, 4.69) is 57.0 Å². The maximum atomic E-state index is 4.37. The number of rotatable bonds is 3. The highest BCUT2D eigenvalue weighted by Gasteiger charge is 2.21. The van der Waals surface area contributed by atoms with Gasteiger partial charge in [0, 0.05) is 44.6 Å². The van der Waals surface area contributed by atoms with Gasteiger partial charge < -0.3 is 4.90 Å². The standard InChI is InChI=1S/C17H22N4/c1-15-8-11-20(17-18-9-5-10-19-17)12-13-21(15)14-16-6-3-2-4-7-16/h2-7,9-10,15H,8,11-14H2,1H3/t15-/m1/s1. The van der Waals surface area contributed by atoms with E-state index in [0.29, 0.717) is 6.04 Å². The van der Waals surface area contributed by atoms with Gasteiger partial charge in [0.15, 0.2) is 0 Å². The van der Waals surface area contributed by atoms with E-state index in [1.165, 1.54) is 5.56 Å². The van der Waals surface area contributed by atoms with Gasteiger partial charge in [0.25, 0.3) is 0 Å². The number of hydrogen-bond donors (Lipinski definition) is 0. The minimum Gasteiger partial charge on any atom is -0.339 e. The molecule has 0 unspecified atom stereocenters. The molecular weight excluding hydrogens is 260 g/mol. The summed E-state index contributed by atoms with van der Waals surface area (Å²) >= 11 is 0. The molecule has 1 aromatic carbocycles. The first kappa shape index (κ1) is 14.0. The molecule has 1 aliphatic rings. The maximum absolute atomic E-state index is 4.37. The highest BCUT2D eigenvalue weighted by molar-refractivity contribution is 5.28. The molecule has 1 aromatic heterocycles. The number of benzene rings is 1. The van der Waals surface area contributed by atoms with Crippen molar-refractivity contribution in [1.29, 1.82) is 0 Å². The van der Waals surface area contributed by atoms with Crippen molar-refractivity contribution in [3.8, 4) is 0 Å². The molecule has 0 aliphatic carbocycles. The van der Waals surface area contributed by atoms with Gasteiger partial charge in [-0.2, -0.15) is 0 Å². The third-order valence-corrected chi connectivity index (χ3v) is 4.16. The molecule has 1 saturated heterocycles. The lowest BCUT2D eigenvalue weighted by molar-refractivity contribution is 0.212. The molecule has 4 nitrogen and oxygen atoms in total.